The van der Waals surface area contributed by atoms with Gasteiger partial charge in [0.15, 0.2) is 11.9 Å². The Bertz CT molecular complexity index is 1240. The zero-order valence-electron chi connectivity index (χ0n) is 16.9. The molecule has 0 aliphatic rings. The van der Waals surface area contributed by atoms with E-state index in [0.29, 0.717) is 33.2 Å². The van der Waals surface area contributed by atoms with Crippen LogP contribution in [0.25, 0.3) is 16.9 Å². The molecule has 4 aromatic rings. The second kappa shape index (κ2) is 9.58. The van der Waals surface area contributed by atoms with Gasteiger partial charge >= 0.3 is 6.18 Å². The Kier molecular flexibility index (Phi) is 7.06. The van der Waals surface area contributed by atoms with Gasteiger partial charge in [0.2, 0.25) is 0 Å². The van der Waals surface area contributed by atoms with Crippen molar-refractivity contribution in [1.29, 1.82) is 0 Å². The molecule has 0 bridgehead atoms. The number of rotatable bonds is 3. The van der Waals surface area contributed by atoms with E-state index in [1.165, 1.54) is 30.7 Å². The van der Waals surface area contributed by atoms with Gasteiger partial charge in [-0.05, 0) is 30.3 Å². The monoisotopic (exact) mass is 480 g/mol. The number of nitrogens with zero attached hydrogens (tertiary/aromatic N) is 4. The van der Waals surface area contributed by atoms with Crippen LogP contribution in [0.2, 0.25) is 10.0 Å². The predicted octanol–water partition coefficient (Wildman–Crippen LogP) is 6.29. The highest BCUT2D eigenvalue weighted by atomic mass is 35.5. The van der Waals surface area contributed by atoms with Crippen LogP contribution in [0.3, 0.4) is 0 Å². The molecule has 2 aromatic carbocycles. The molecule has 0 saturated carbocycles. The van der Waals surface area contributed by atoms with Gasteiger partial charge in [-0.15, -0.1) is 0 Å². The van der Waals surface area contributed by atoms with Gasteiger partial charge in [-0.25, -0.2) is 9.97 Å². The third-order valence-corrected chi connectivity index (χ3v) is 5.20. The molecule has 0 fully saturated rings. The molecule has 0 aliphatic carbocycles. The van der Waals surface area contributed by atoms with Crippen molar-refractivity contribution < 1.29 is 18.0 Å². The fourth-order valence-corrected chi connectivity index (χ4v) is 3.06. The number of carbonyl (C=O) groups excluding carboxylic acids is 1. The molecule has 0 saturated heterocycles. The summed E-state index contributed by atoms with van der Waals surface area (Å²) in [5, 5.41) is 1.19. The molecule has 5 nitrogen and oxygen atoms in total. The zero-order valence-corrected chi connectivity index (χ0v) is 18.4. The Morgan fingerprint density at radius 3 is 2.22 bits per heavy atom. The quantitative estimate of drug-likeness (QED) is 0.323. The van der Waals surface area contributed by atoms with Crippen LogP contribution in [0, 0.1) is 0 Å². The minimum absolute atomic E-state index is 0.216. The molecule has 32 heavy (non-hydrogen) atoms. The van der Waals surface area contributed by atoms with Gasteiger partial charge < -0.3 is 4.90 Å². The molecule has 0 atom stereocenters. The second-order valence-corrected chi connectivity index (χ2v) is 7.68. The van der Waals surface area contributed by atoms with Crippen molar-refractivity contribution in [3.05, 3.63) is 82.4 Å². The fraction of sp³-hybridized carbons (Fsp3) is 0.136. The molecule has 0 spiro atoms. The first kappa shape index (κ1) is 23.6. The van der Waals surface area contributed by atoms with Crippen molar-refractivity contribution >= 4 is 40.8 Å². The summed E-state index contributed by atoms with van der Waals surface area (Å²) < 4.78 is 39.3. The normalized spacial score (nSPS) is 11.1. The fourth-order valence-electron chi connectivity index (χ4n) is 2.77. The van der Waals surface area contributed by atoms with Crippen LogP contribution in [0.4, 0.5) is 18.9 Å². The molecular formula is C22H17Cl2F3N4O. The van der Waals surface area contributed by atoms with Gasteiger partial charge in [0.1, 0.15) is 5.69 Å². The van der Waals surface area contributed by atoms with Crippen molar-refractivity contribution in [2.75, 3.05) is 19.0 Å². The van der Waals surface area contributed by atoms with Gasteiger partial charge in [-0.1, -0.05) is 35.3 Å². The van der Waals surface area contributed by atoms with Gasteiger partial charge in [0.05, 0.1) is 33.7 Å². The summed E-state index contributed by atoms with van der Waals surface area (Å²) in [4.78, 5) is 20.7. The van der Waals surface area contributed by atoms with E-state index in [0.717, 1.165) is 17.8 Å². The topological polar surface area (TPSA) is 50.5 Å². The third-order valence-electron chi connectivity index (χ3n) is 4.46. The molecule has 0 unspecified atom stereocenters. The molecular weight excluding hydrogens is 464 g/mol. The summed E-state index contributed by atoms with van der Waals surface area (Å²) in [5.74, 6) is 0. The summed E-state index contributed by atoms with van der Waals surface area (Å²) in [6.45, 7) is 0. The SMILES string of the molecule is CN(C)c1ccc(Cl)c(Cl)c1.O=Cc1cn2c(-c3ccc(C(F)(F)F)cc3)cnc2cn1. The average Bonchev–Trinajstić information content (AvgIpc) is 3.18. The Balaban J connectivity index is 0.000000222. The van der Waals surface area contributed by atoms with E-state index in [4.69, 9.17) is 23.2 Å². The van der Waals surface area contributed by atoms with Crippen LogP contribution in [-0.2, 0) is 6.18 Å². The lowest BCUT2D eigenvalue weighted by atomic mass is 10.1. The maximum Gasteiger partial charge on any atom is 0.416 e. The van der Waals surface area contributed by atoms with Crippen molar-refractivity contribution in [3.8, 4) is 11.3 Å². The van der Waals surface area contributed by atoms with E-state index in [2.05, 4.69) is 9.97 Å². The molecule has 0 radical (unpaired) electrons. The second-order valence-electron chi connectivity index (χ2n) is 6.87. The largest absolute Gasteiger partial charge is 0.416 e. The number of alkyl halides is 3. The van der Waals surface area contributed by atoms with Gasteiger partial charge in [-0.3, -0.25) is 9.20 Å². The summed E-state index contributed by atoms with van der Waals surface area (Å²) in [6.07, 6.45) is 0.663. The van der Waals surface area contributed by atoms with E-state index < -0.39 is 11.7 Å². The first-order valence-electron chi connectivity index (χ1n) is 9.18. The lowest BCUT2D eigenvalue weighted by Crippen LogP contribution is -2.07. The third kappa shape index (κ3) is 5.38. The van der Waals surface area contributed by atoms with Crippen LogP contribution in [0.1, 0.15) is 16.1 Å². The number of imidazole rings is 1. The molecule has 2 heterocycles. The van der Waals surface area contributed by atoms with E-state index in [1.54, 1.807) is 10.5 Å². The molecule has 10 heteroatoms. The standard InChI is InChI=1S/C14H8F3N3O.C8H9Cl2N/c15-14(16,17)10-3-1-9(2-4-10)12-5-19-13-6-18-11(8-21)7-20(12)13;1-11(2)6-3-4-7(9)8(10)5-6/h1-8H;3-5H,1-2H3. The van der Waals surface area contributed by atoms with E-state index in [1.807, 2.05) is 31.1 Å². The summed E-state index contributed by atoms with van der Waals surface area (Å²) in [6, 6.07) is 10.3. The minimum atomic E-state index is -4.37. The van der Waals surface area contributed by atoms with Gasteiger partial charge in [0.25, 0.3) is 0 Å². The highest BCUT2D eigenvalue weighted by Gasteiger charge is 2.30. The highest BCUT2D eigenvalue weighted by Crippen LogP contribution is 2.31. The number of benzene rings is 2. The number of anilines is 1. The maximum atomic E-state index is 12.5. The maximum absolute atomic E-state index is 12.5. The van der Waals surface area contributed by atoms with Gasteiger partial charge in [0, 0.05) is 31.5 Å². The number of hydrogen-bond acceptors (Lipinski definition) is 4. The number of fused-ring (bicyclic) bond motifs is 1. The van der Waals surface area contributed by atoms with E-state index >= 15 is 0 Å². The summed E-state index contributed by atoms with van der Waals surface area (Å²) in [7, 11) is 3.92. The molecule has 2 aromatic heterocycles. The minimum Gasteiger partial charge on any atom is -0.378 e. The van der Waals surface area contributed by atoms with Crippen LogP contribution >= 0.6 is 23.2 Å². The molecule has 166 valence electrons. The number of carbonyl (C=O) groups is 1. The predicted molar refractivity (Wildman–Crippen MR) is 120 cm³/mol. The molecule has 0 aliphatic heterocycles. The first-order chi connectivity index (χ1) is 15.1. The summed E-state index contributed by atoms with van der Waals surface area (Å²) in [5.41, 5.74) is 2.22. The van der Waals surface area contributed by atoms with Crippen LogP contribution < -0.4 is 4.90 Å². The van der Waals surface area contributed by atoms with Crippen molar-refractivity contribution in [2.24, 2.45) is 0 Å². The Labute approximate surface area is 192 Å². The number of aldehydes is 1. The molecule has 4 rings (SSSR count). The van der Waals surface area contributed by atoms with Crippen molar-refractivity contribution in [2.45, 2.75) is 6.18 Å². The Morgan fingerprint density at radius 1 is 0.969 bits per heavy atom. The zero-order chi connectivity index (χ0) is 23.5. The molecule has 0 N–H and O–H groups in total. The number of halogens is 5. The lowest BCUT2D eigenvalue weighted by molar-refractivity contribution is -0.137. The van der Waals surface area contributed by atoms with Crippen LogP contribution in [0.5, 0.6) is 0 Å². The van der Waals surface area contributed by atoms with Crippen LogP contribution in [-0.4, -0.2) is 34.8 Å². The summed E-state index contributed by atoms with van der Waals surface area (Å²) >= 11 is 11.5. The first-order valence-corrected chi connectivity index (χ1v) is 9.94. The highest BCUT2D eigenvalue weighted by molar-refractivity contribution is 6.42. The molecule has 0 amide bonds. The Hall–Kier alpha value is -3.10. The van der Waals surface area contributed by atoms with Crippen molar-refractivity contribution in [1.82, 2.24) is 14.4 Å². The average molecular weight is 481 g/mol. The lowest BCUT2D eigenvalue weighted by Gasteiger charge is -2.12. The van der Waals surface area contributed by atoms with E-state index in [-0.39, 0.29) is 5.69 Å². The smallest absolute Gasteiger partial charge is 0.378 e. The number of aromatic nitrogens is 3. The Morgan fingerprint density at radius 2 is 1.66 bits per heavy atom. The van der Waals surface area contributed by atoms with Crippen molar-refractivity contribution in [3.63, 3.8) is 0 Å². The number of hydrogen-bond donors (Lipinski definition) is 0. The van der Waals surface area contributed by atoms with Gasteiger partial charge in [-0.2, -0.15) is 13.2 Å². The van der Waals surface area contributed by atoms with Crippen LogP contribution in [0.15, 0.2) is 61.1 Å². The van der Waals surface area contributed by atoms with E-state index in [9.17, 15) is 18.0 Å².